The van der Waals surface area contributed by atoms with Crippen LogP contribution in [0.1, 0.15) is 309 Å². The number of allylic oxidation sites excluding steroid dienone is 26. The zero-order valence-corrected chi connectivity index (χ0v) is 61.7. The largest absolute Gasteiger partial charge is 0.545 e. The number of rotatable bonds is 70. The van der Waals surface area contributed by atoms with E-state index in [1.165, 1.54) is 141 Å². The number of aliphatic carboxylic acids is 1. The van der Waals surface area contributed by atoms with Gasteiger partial charge in [-0.15, -0.1) is 0 Å². The Bertz CT molecular complexity index is 2130. The third-order valence-electron chi connectivity index (χ3n) is 16.3. The average Bonchev–Trinajstić information content (AvgIpc) is 3.75. The molecule has 0 aromatic carbocycles. The number of nitrogens with zero attached hydrogens (tertiary/aromatic N) is 1. The van der Waals surface area contributed by atoms with Crippen molar-refractivity contribution in [2.75, 3.05) is 47.5 Å². The average molecular weight is 1320 g/mol. The number of hydrogen-bond donors (Lipinski definition) is 0. The number of carboxylic acids is 1. The van der Waals surface area contributed by atoms with Gasteiger partial charge in [-0.3, -0.25) is 9.59 Å². The second-order valence-electron chi connectivity index (χ2n) is 26.5. The number of carboxylic acid groups (broad SMARTS) is 1. The van der Waals surface area contributed by atoms with E-state index in [2.05, 4.69) is 172 Å². The topological polar surface area (TPSA) is 111 Å². The number of carbonyl (C=O) groups excluding carboxylic acids is 3. The Morgan fingerprint density at radius 3 is 0.842 bits per heavy atom. The van der Waals surface area contributed by atoms with Gasteiger partial charge in [0.05, 0.1) is 40.3 Å². The van der Waals surface area contributed by atoms with Crippen LogP contribution in [0.4, 0.5) is 0 Å². The molecule has 95 heavy (non-hydrogen) atoms. The second-order valence-corrected chi connectivity index (χ2v) is 26.5. The summed E-state index contributed by atoms with van der Waals surface area (Å²) >= 11 is 0. The first kappa shape index (κ1) is 89.9. The molecule has 9 nitrogen and oxygen atoms in total. The minimum absolute atomic E-state index is 0.137. The fourth-order valence-electron chi connectivity index (χ4n) is 10.5. The van der Waals surface area contributed by atoms with Gasteiger partial charge in [-0.1, -0.05) is 332 Å². The molecule has 9 heteroatoms. The summed E-state index contributed by atoms with van der Waals surface area (Å²) in [5.41, 5.74) is 0. The Hall–Kier alpha value is -5.09. The Balaban J connectivity index is 4.10. The lowest BCUT2D eigenvalue weighted by atomic mass is 10.0. The van der Waals surface area contributed by atoms with E-state index in [9.17, 15) is 19.5 Å². The summed E-state index contributed by atoms with van der Waals surface area (Å²) in [4.78, 5) is 37.6. The Morgan fingerprint density at radius 2 is 0.568 bits per heavy atom. The summed E-state index contributed by atoms with van der Waals surface area (Å²) < 4.78 is 22.8. The van der Waals surface area contributed by atoms with Gasteiger partial charge in [-0.25, -0.2) is 0 Å². The van der Waals surface area contributed by atoms with Crippen molar-refractivity contribution in [3.63, 3.8) is 0 Å². The molecular weight excluding hydrogens is 1170 g/mol. The maximum absolute atomic E-state index is 13.0. The van der Waals surface area contributed by atoms with Crippen molar-refractivity contribution in [3.05, 3.63) is 158 Å². The monoisotopic (exact) mass is 1320 g/mol. The number of quaternary nitrogens is 1. The van der Waals surface area contributed by atoms with Crippen LogP contribution in [0, 0.1) is 0 Å². The van der Waals surface area contributed by atoms with Crippen LogP contribution in [-0.4, -0.2) is 82.3 Å². The highest BCUT2D eigenvalue weighted by molar-refractivity contribution is 5.70. The number of unbranched alkanes of at least 4 members (excludes halogenated alkanes) is 29. The van der Waals surface area contributed by atoms with Crippen molar-refractivity contribution in [1.82, 2.24) is 0 Å². The third-order valence-corrected chi connectivity index (χ3v) is 16.3. The minimum atomic E-state index is -1.64. The molecule has 2 unspecified atom stereocenters. The van der Waals surface area contributed by atoms with Gasteiger partial charge >= 0.3 is 11.9 Å². The van der Waals surface area contributed by atoms with Crippen LogP contribution in [0.5, 0.6) is 0 Å². The van der Waals surface area contributed by atoms with E-state index in [-0.39, 0.29) is 38.6 Å². The molecule has 0 heterocycles. The number of hydrogen-bond acceptors (Lipinski definition) is 8. The first-order valence-electron chi connectivity index (χ1n) is 38.6. The first-order valence-corrected chi connectivity index (χ1v) is 38.6. The van der Waals surface area contributed by atoms with E-state index in [4.69, 9.17) is 18.9 Å². The smallest absolute Gasteiger partial charge is 0.306 e. The van der Waals surface area contributed by atoms with Crippen molar-refractivity contribution in [3.8, 4) is 0 Å². The maximum Gasteiger partial charge on any atom is 0.306 e. The van der Waals surface area contributed by atoms with Gasteiger partial charge in [0.2, 0.25) is 0 Å². The molecule has 0 fully saturated rings. The van der Waals surface area contributed by atoms with Crippen LogP contribution in [0.25, 0.3) is 0 Å². The summed E-state index contributed by atoms with van der Waals surface area (Å²) in [6.45, 7) is 4.51. The molecule has 0 radical (unpaired) electrons. The predicted octanol–water partition coefficient (Wildman–Crippen LogP) is 23.5. The highest BCUT2D eigenvalue weighted by Gasteiger charge is 2.22. The molecule has 0 amide bonds. The Labute approximate surface area is 584 Å². The number of likely N-dealkylation sites (N-methyl/N-ethyl adjacent to an activating group) is 1. The standard InChI is InChI=1S/C86H143NO8/c1-6-8-10-12-14-16-18-20-22-24-26-28-30-32-34-36-38-40-41-42-43-45-46-48-50-52-54-56-58-60-62-64-66-68-70-72-74-76-83(88)93-80-82(81-94-86(85(90)91)92-79-78-87(3,4)5)95-84(89)77-75-73-71-69-67-65-63-61-59-57-55-53-51-49-47-44-39-37-35-33-31-29-27-25-23-21-19-17-15-13-11-9-7-2/h8-11,14-17,20-23,26-29,33,35,39,44,49,51,55,57,61,63,82,86H,6-7,12-13,18-19,24-25,30-32,34,36-38,40-43,45-48,50,52-54,56,58-60,62,64-81H2,1-5H3/b10-8-,11-9-,16-14-,17-15-,22-20-,23-21-,28-26-,29-27-,35-33-,44-39-,51-49-,57-55-,63-61-. The van der Waals surface area contributed by atoms with Crippen molar-refractivity contribution in [2.24, 2.45) is 0 Å². The third kappa shape index (κ3) is 76.1. The van der Waals surface area contributed by atoms with Gasteiger partial charge in [0.25, 0.3) is 0 Å². The van der Waals surface area contributed by atoms with Crippen molar-refractivity contribution < 1.29 is 42.9 Å². The second kappa shape index (κ2) is 74.7. The molecular formula is C86H143NO8. The van der Waals surface area contributed by atoms with E-state index in [0.717, 1.165) is 135 Å². The summed E-state index contributed by atoms with van der Waals surface area (Å²) in [6.07, 6.45) is 108. The van der Waals surface area contributed by atoms with Crippen LogP contribution in [-0.2, 0) is 33.3 Å². The molecule has 0 saturated carbocycles. The summed E-state index contributed by atoms with van der Waals surface area (Å²) in [5, 5.41) is 11.9. The minimum Gasteiger partial charge on any atom is -0.545 e. The quantitative estimate of drug-likeness (QED) is 0.0195. The van der Waals surface area contributed by atoms with Gasteiger partial charge in [-0.2, -0.15) is 0 Å². The zero-order chi connectivity index (χ0) is 69.0. The number of esters is 2. The Kier molecular flexibility index (Phi) is 70.7. The van der Waals surface area contributed by atoms with Crippen LogP contribution in [0.2, 0.25) is 0 Å². The van der Waals surface area contributed by atoms with Crippen molar-refractivity contribution in [1.29, 1.82) is 0 Å². The van der Waals surface area contributed by atoms with Gasteiger partial charge in [0.1, 0.15) is 13.2 Å². The van der Waals surface area contributed by atoms with E-state index in [0.29, 0.717) is 17.4 Å². The van der Waals surface area contributed by atoms with Crippen molar-refractivity contribution in [2.45, 2.75) is 322 Å². The zero-order valence-electron chi connectivity index (χ0n) is 61.7. The molecule has 0 aromatic heterocycles. The number of carbonyl (C=O) groups is 3. The summed E-state index contributed by atoms with van der Waals surface area (Å²) in [5.74, 6) is -2.31. The van der Waals surface area contributed by atoms with Gasteiger partial charge in [0, 0.05) is 12.8 Å². The summed E-state index contributed by atoms with van der Waals surface area (Å²) in [7, 11) is 5.92. The molecule has 540 valence electrons. The molecule has 0 aliphatic heterocycles. The molecule has 0 aliphatic rings. The van der Waals surface area contributed by atoms with Gasteiger partial charge in [0.15, 0.2) is 12.4 Å². The lowest BCUT2D eigenvalue weighted by Gasteiger charge is -2.26. The van der Waals surface area contributed by atoms with E-state index in [1.54, 1.807) is 0 Å². The fourth-order valence-corrected chi connectivity index (χ4v) is 10.5. The molecule has 0 saturated heterocycles. The van der Waals surface area contributed by atoms with E-state index in [1.807, 2.05) is 21.1 Å². The first-order chi connectivity index (χ1) is 46.6. The normalized spacial score (nSPS) is 13.6. The van der Waals surface area contributed by atoms with E-state index < -0.39 is 24.3 Å². The lowest BCUT2D eigenvalue weighted by Crippen LogP contribution is -2.44. The van der Waals surface area contributed by atoms with E-state index >= 15 is 0 Å². The SMILES string of the molecule is CC/C=C\C/C=C\C/C=C\C/C=C\C/C=C\C/C=C\C/C=C\C/C=C\C/C=C\CCCCCCCC(=O)OC(COC(=O)CCCCCCCCCCCCCCCCCCCCCCCCCC/C=C\C/C=C\C/C=C\C/C=C\CC)COC(OCC[N+](C)(C)C)C(=O)[O-]. The van der Waals surface area contributed by atoms with Crippen LogP contribution >= 0.6 is 0 Å². The predicted molar refractivity (Wildman–Crippen MR) is 407 cm³/mol. The number of ether oxygens (including phenoxy) is 4. The highest BCUT2D eigenvalue weighted by atomic mass is 16.7. The maximum atomic E-state index is 13.0. The van der Waals surface area contributed by atoms with Gasteiger partial charge < -0.3 is 33.3 Å². The van der Waals surface area contributed by atoms with Crippen LogP contribution < -0.4 is 5.11 Å². The summed E-state index contributed by atoms with van der Waals surface area (Å²) in [6, 6.07) is 0. The molecule has 0 rings (SSSR count). The lowest BCUT2D eigenvalue weighted by molar-refractivity contribution is -0.870. The molecule has 0 N–H and O–H groups in total. The molecule has 0 spiro atoms. The Morgan fingerprint density at radius 1 is 0.316 bits per heavy atom. The van der Waals surface area contributed by atoms with Crippen molar-refractivity contribution >= 4 is 17.9 Å². The van der Waals surface area contributed by atoms with Crippen LogP contribution in [0.3, 0.4) is 0 Å². The molecule has 2 atom stereocenters. The molecule has 0 aliphatic carbocycles. The molecule has 0 aromatic rings. The van der Waals surface area contributed by atoms with Gasteiger partial charge in [-0.05, 0) is 122 Å². The molecule has 0 bridgehead atoms. The highest BCUT2D eigenvalue weighted by Crippen LogP contribution is 2.18. The van der Waals surface area contributed by atoms with Crippen LogP contribution in [0.15, 0.2) is 158 Å². The fraction of sp³-hybridized carbons (Fsp3) is 0.663.